The summed E-state index contributed by atoms with van der Waals surface area (Å²) in [5.41, 5.74) is 4.60. The molecular formula is C27H23Cl2NO3. The van der Waals surface area contributed by atoms with E-state index in [4.69, 9.17) is 34.9 Å². The molecule has 0 atom stereocenters. The Bertz CT molecular complexity index is 1220. The first-order valence-corrected chi connectivity index (χ1v) is 11.3. The zero-order valence-electron chi connectivity index (χ0n) is 18.4. The first kappa shape index (κ1) is 24.5. The van der Waals surface area contributed by atoms with E-state index in [0.29, 0.717) is 32.8 Å². The number of aromatic carboxylic acids is 1. The highest BCUT2D eigenvalue weighted by molar-refractivity contribution is 6.39. The number of hydrogen-bond donors (Lipinski definition) is 1. The quantitative estimate of drug-likeness (QED) is 0.341. The van der Waals surface area contributed by atoms with Crippen molar-refractivity contribution in [3.05, 3.63) is 98.3 Å². The van der Waals surface area contributed by atoms with Crippen LogP contribution in [0, 0.1) is 12.5 Å². The van der Waals surface area contributed by atoms with Crippen LogP contribution in [0.4, 0.5) is 5.69 Å². The predicted octanol–water partition coefficient (Wildman–Crippen LogP) is 7.46. The number of carboxylic acid groups (broad SMARTS) is 1. The van der Waals surface area contributed by atoms with Gasteiger partial charge < -0.3 is 5.11 Å². The van der Waals surface area contributed by atoms with E-state index in [-0.39, 0.29) is 24.2 Å². The lowest BCUT2D eigenvalue weighted by Crippen LogP contribution is -2.07. The lowest BCUT2D eigenvalue weighted by atomic mass is 9.95. The Kier molecular flexibility index (Phi) is 7.92. The molecule has 0 aliphatic rings. The van der Waals surface area contributed by atoms with E-state index in [1.807, 2.05) is 18.2 Å². The van der Waals surface area contributed by atoms with Crippen LogP contribution in [0.25, 0.3) is 16.0 Å². The molecule has 0 saturated carbocycles. The van der Waals surface area contributed by atoms with E-state index < -0.39 is 5.97 Å². The highest BCUT2D eigenvalue weighted by Gasteiger charge is 2.15. The Morgan fingerprint density at radius 1 is 0.939 bits per heavy atom. The van der Waals surface area contributed by atoms with Crippen molar-refractivity contribution in [2.24, 2.45) is 5.92 Å². The smallest absolute Gasteiger partial charge is 0.335 e. The topological polar surface area (TPSA) is 58.7 Å². The molecule has 0 bridgehead atoms. The van der Waals surface area contributed by atoms with Gasteiger partial charge in [-0.1, -0.05) is 61.3 Å². The van der Waals surface area contributed by atoms with E-state index in [0.717, 1.165) is 23.1 Å². The lowest BCUT2D eigenvalue weighted by Gasteiger charge is -2.13. The van der Waals surface area contributed by atoms with Gasteiger partial charge in [0.1, 0.15) is 5.78 Å². The molecule has 0 saturated heterocycles. The third-order valence-electron chi connectivity index (χ3n) is 5.23. The monoisotopic (exact) mass is 479 g/mol. The molecule has 0 fully saturated rings. The molecule has 0 radical (unpaired) electrons. The summed E-state index contributed by atoms with van der Waals surface area (Å²) in [6.45, 7) is 11.7. The van der Waals surface area contributed by atoms with Crippen molar-refractivity contribution >= 4 is 40.6 Å². The van der Waals surface area contributed by atoms with Gasteiger partial charge in [-0.15, -0.1) is 0 Å². The number of carboxylic acids is 1. The van der Waals surface area contributed by atoms with Crippen molar-refractivity contribution in [2.75, 3.05) is 0 Å². The molecule has 6 heteroatoms. The van der Waals surface area contributed by atoms with Crippen LogP contribution in [0.3, 0.4) is 0 Å². The molecule has 0 spiro atoms. The van der Waals surface area contributed by atoms with Crippen LogP contribution >= 0.6 is 23.2 Å². The number of halogens is 2. The van der Waals surface area contributed by atoms with Crippen molar-refractivity contribution in [1.82, 2.24) is 0 Å². The fourth-order valence-electron chi connectivity index (χ4n) is 3.72. The number of rotatable bonds is 8. The summed E-state index contributed by atoms with van der Waals surface area (Å²) in [6.07, 6.45) is 1.16. The standard InChI is InChI=1S/C27H23Cl2NO3/c1-16(2)10-20-8-9-21(15-25(20)30-3)26-23(28)13-18(14-24(26)29)12-22(31)11-17-4-6-19(7-5-17)27(32)33/h4-9,13-16H,10-12H2,1-2H3,(H,32,33). The zero-order chi connectivity index (χ0) is 24.1. The van der Waals surface area contributed by atoms with Gasteiger partial charge in [0.15, 0.2) is 5.69 Å². The molecular weight excluding hydrogens is 457 g/mol. The molecule has 3 aromatic rings. The minimum Gasteiger partial charge on any atom is -0.478 e. The maximum absolute atomic E-state index is 12.6. The summed E-state index contributed by atoms with van der Waals surface area (Å²) < 4.78 is 0. The van der Waals surface area contributed by atoms with Gasteiger partial charge in [0.25, 0.3) is 0 Å². The fraction of sp³-hybridized carbons (Fsp3) is 0.222. The van der Waals surface area contributed by atoms with Crippen LogP contribution in [0.5, 0.6) is 0 Å². The zero-order valence-corrected chi connectivity index (χ0v) is 19.9. The van der Waals surface area contributed by atoms with Gasteiger partial charge in [0.05, 0.1) is 22.2 Å². The van der Waals surface area contributed by atoms with E-state index in [1.165, 1.54) is 12.1 Å². The third-order valence-corrected chi connectivity index (χ3v) is 5.82. The molecule has 3 aromatic carbocycles. The summed E-state index contributed by atoms with van der Waals surface area (Å²) in [6, 6.07) is 15.4. The molecule has 168 valence electrons. The largest absolute Gasteiger partial charge is 0.478 e. The molecule has 0 unspecified atom stereocenters. The summed E-state index contributed by atoms with van der Waals surface area (Å²) in [5, 5.41) is 9.82. The number of carbonyl (C=O) groups excluding carboxylic acids is 1. The Morgan fingerprint density at radius 3 is 2.09 bits per heavy atom. The molecule has 3 rings (SSSR count). The molecule has 1 N–H and O–H groups in total. The summed E-state index contributed by atoms with van der Waals surface area (Å²) >= 11 is 13.1. The molecule has 33 heavy (non-hydrogen) atoms. The van der Waals surface area contributed by atoms with Crippen LogP contribution in [-0.4, -0.2) is 16.9 Å². The maximum atomic E-state index is 12.6. The number of hydrogen-bond acceptors (Lipinski definition) is 2. The SMILES string of the molecule is [C-]#[N+]c1cc(-c2c(Cl)cc(CC(=O)Cc3ccc(C(=O)O)cc3)cc2Cl)ccc1CC(C)C. The Balaban J connectivity index is 1.79. The summed E-state index contributed by atoms with van der Waals surface area (Å²) in [4.78, 5) is 27.2. The Labute approximate surface area is 203 Å². The second-order valence-electron chi connectivity index (χ2n) is 8.38. The second-order valence-corrected chi connectivity index (χ2v) is 9.20. The van der Waals surface area contributed by atoms with Crippen molar-refractivity contribution < 1.29 is 14.7 Å². The number of carbonyl (C=O) groups is 2. The molecule has 4 nitrogen and oxygen atoms in total. The predicted molar refractivity (Wildman–Crippen MR) is 133 cm³/mol. The maximum Gasteiger partial charge on any atom is 0.335 e. The first-order chi connectivity index (χ1) is 15.7. The van der Waals surface area contributed by atoms with Gasteiger partial charge in [-0.3, -0.25) is 4.79 Å². The Hall–Kier alpha value is -3.13. The van der Waals surface area contributed by atoms with Crippen LogP contribution in [-0.2, 0) is 24.1 Å². The van der Waals surface area contributed by atoms with Crippen LogP contribution in [0.1, 0.15) is 40.9 Å². The molecule has 0 aromatic heterocycles. The number of benzene rings is 3. The van der Waals surface area contributed by atoms with E-state index in [9.17, 15) is 9.59 Å². The van der Waals surface area contributed by atoms with Gasteiger partial charge in [-0.25, -0.2) is 9.64 Å². The van der Waals surface area contributed by atoms with Crippen LogP contribution in [0.2, 0.25) is 10.0 Å². The average molecular weight is 480 g/mol. The van der Waals surface area contributed by atoms with E-state index in [2.05, 4.69) is 18.7 Å². The highest BCUT2D eigenvalue weighted by Crippen LogP contribution is 2.38. The summed E-state index contributed by atoms with van der Waals surface area (Å²) in [5.74, 6) is -0.600. The Morgan fingerprint density at radius 2 is 1.55 bits per heavy atom. The normalized spacial score (nSPS) is 10.8. The van der Waals surface area contributed by atoms with E-state index >= 15 is 0 Å². The van der Waals surface area contributed by atoms with Crippen molar-refractivity contribution in [2.45, 2.75) is 33.1 Å². The van der Waals surface area contributed by atoms with Crippen LogP contribution in [0.15, 0.2) is 54.6 Å². The lowest BCUT2D eigenvalue weighted by molar-refractivity contribution is -0.117. The minimum absolute atomic E-state index is 0.0358. The van der Waals surface area contributed by atoms with Gasteiger partial charge in [0, 0.05) is 18.4 Å². The van der Waals surface area contributed by atoms with Gasteiger partial charge in [-0.2, -0.15) is 0 Å². The molecule has 0 heterocycles. The average Bonchev–Trinajstić information content (AvgIpc) is 2.74. The number of ketones is 1. The first-order valence-electron chi connectivity index (χ1n) is 10.5. The van der Waals surface area contributed by atoms with Crippen LogP contribution < -0.4 is 0 Å². The fourth-order valence-corrected chi connectivity index (χ4v) is 4.47. The van der Waals surface area contributed by atoms with Gasteiger partial charge >= 0.3 is 5.97 Å². The number of nitrogens with zero attached hydrogens (tertiary/aromatic N) is 1. The molecule has 0 aliphatic heterocycles. The molecule has 0 amide bonds. The third kappa shape index (κ3) is 6.22. The van der Waals surface area contributed by atoms with E-state index in [1.54, 1.807) is 24.3 Å². The molecule has 0 aliphatic carbocycles. The number of Topliss-reactive ketones (excluding diaryl/α,β-unsaturated/α-hetero) is 1. The van der Waals surface area contributed by atoms with Crippen molar-refractivity contribution in [1.29, 1.82) is 0 Å². The highest BCUT2D eigenvalue weighted by atomic mass is 35.5. The second kappa shape index (κ2) is 10.7. The van der Waals surface area contributed by atoms with Crippen molar-refractivity contribution in [3.8, 4) is 11.1 Å². The summed E-state index contributed by atoms with van der Waals surface area (Å²) in [7, 11) is 0. The minimum atomic E-state index is -1.00. The van der Waals surface area contributed by atoms with Crippen molar-refractivity contribution in [3.63, 3.8) is 0 Å². The van der Waals surface area contributed by atoms with Gasteiger partial charge in [0.2, 0.25) is 0 Å². The van der Waals surface area contributed by atoms with Gasteiger partial charge in [-0.05, 0) is 64.9 Å².